The number of nitrogens with two attached hydrogens (primary N) is 1. The van der Waals surface area contributed by atoms with Crippen molar-refractivity contribution in [3.05, 3.63) is 28.8 Å². The average Bonchev–Trinajstić information content (AvgIpc) is 3.13. The predicted molar refractivity (Wildman–Crippen MR) is 74.7 cm³/mol. The van der Waals surface area contributed by atoms with Crippen LogP contribution in [0.5, 0.6) is 0 Å². The summed E-state index contributed by atoms with van der Waals surface area (Å²) in [5.74, 6) is 0.0738. The number of amidine groups is 1. The van der Waals surface area contributed by atoms with E-state index >= 15 is 0 Å². The van der Waals surface area contributed by atoms with Crippen molar-refractivity contribution in [2.75, 3.05) is 25.2 Å². The van der Waals surface area contributed by atoms with Crippen LogP contribution in [0.25, 0.3) is 0 Å². The summed E-state index contributed by atoms with van der Waals surface area (Å²) in [5, 5.41) is 8.32. The Kier molecular flexibility index (Phi) is 4.09. The molecule has 1 aliphatic rings. The van der Waals surface area contributed by atoms with Crippen molar-refractivity contribution in [3.8, 4) is 0 Å². The Bertz CT molecular complexity index is 446. The number of nitrogens with zero attached hydrogens (tertiary/aromatic N) is 1. The maximum Gasteiger partial charge on any atom is 0.124 e. The lowest BCUT2D eigenvalue weighted by Gasteiger charge is -2.26. The fraction of sp³-hybridized carbons (Fsp3) is 0.462. The lowest BCUT2D eigenvalue weighted by molar-refractivity contribution is 0.205. The van der Waals surface area contributed by atoms with Gasteiger partial charge in [-0.1, -0.05) is 11.6 Å². The summed E-state index contributed by atoms with van der Waals surface area (Å²) in [5.41, 5.74) is 7.31. The average molecular weight is 268 g/mol. The fourth-order valence-corrected chi connectivity index (χ4v) is 2.21. The van der Waals surface area contributed by atoms with E-state index in [1.807, 2.05) is 12.1 Å². The minimum absolute atomic E-state index is 0.0738. The number of anilines is 1. The highest BCUT2D eigenvalue weighted by molar-refractivity contribution is 6.31. The number of rotatable bonds is 6. The third-order valence-corrected chi connectivity index (χ3v) is 3.32. The van der Waals surface area contributed by atoms with E-state index in [1.54, 1.807) is 13.2 Å². The van der Waals surface area contributed by atoms with Crippen LogP contribution in [0.15, 0.2) is 18.2 Å². The van der Waals surface area contributed by atoms with Crippen LogP contribution in [0.2, 0.25) is 5.02 Å². The molecular formula is C13H18ClN3O. The first-order valence-electron chi connectivity index (χ1n) is 6.03. The van der Waals surface area contributed by atoms with E-state index in [0.29, 0.717) is 17.7 Å². The van der Waals surface area contributed by atoms with Gasteiger partial charge in [-0.05, 0) is 31.0 Å². The Balaban J connectivity index is 2.32. The van der Waals surface area contributed by atoms with Crippen LogP contribution in [-0.2, 0) is 4.74 Å². The topological polar surface area (TPSA) is 62.3 Å². The zero-order valence-corrected chi connectivity index (χ0v) is 11.2. The lowest BCUT2D eigenvalue weighted by Crippen LogP contribution is -2.31. The molecule has 4 nitrogen and oxygen atoms in total. The van der Waals surface area contributed by atoms with Crippen LogP contribution in [0.3, 0.4) is 0 Å². The number of ether oxygens (including phenoxy) is 1. The SMILES string of the molecule is COCCN(c1cc(Cl)ccc1C(=N)N)C1CC1. The van der Waals surface area contributed by atoms with Crippen LogP contribution in [0.1, 0.15) is 18.4 Å². The van der Waals surface area contributed by atoms with Crippen molar-refractivity contribution < 1.29 is 4.74 Å². The van der Waals surface area contributed by atoms with E-state index in [0.717, 1.165) is 17.8 Å². The largest absolute Gasteiger partial charge is 0.384 e. The first-order chi connectivity index (χ1) is 8.63. The summed E-state index contributed by atoms with van der Waals surface area (Å²) >= 11 is 6.06. The number of nitrogens with one attached hydrogen (secondary N) is 1. The van der Waals surface area contributed by atoms with Crippen molar-refractivity contribution in [3.63, 3.8) is 0 Å². The van der Waals surface area contributed by atoms with Gasteiger partial charge in [0.25, 0.3) is 0 Å². The van der Waals surface area contributed by atoms with Crippen molar-refractivity contribution >= 4 is 23.1 Å². The molecule has 1 fully saturated rings. The zero-order valence-electron chi connectivity index (χ0n) is 10.4. The van der Waals surface area contributed by atoms with Gasteiger partial charge in [0.2, 0.25) is 0 Å². The molecule has 0 heterocycles. The van der Waals surface area contributed by atoms with E-state index in [1.165, 1.54) is 12.8 Å². The first-order valence-corrected chi connectivity index (χ1v) is 6.41. The molecule has 0 bridgehead atoms. The molecular weight excluding hydrogens is 250 g/mol. The van der Waals surface area contributed by atoms with Crippen LogP contribution in [0.4, 0.5) is 5.69 Å². The Hall–Kier alpha value is -1.26. The molecule has 0 unspecified atom stereocenters. The summed E-state index contributed by atoms with van der Waals surface area (Å²) < 4.78 is 5.14. The van der Waals surface area contributed by atoms with Crippen LogP contribution >= 0.6 is 11.6 Å². The van der Waals surface area contributed by atoms with Gasteiger partial charge in [-0.2, -0.15) is 0 Å². The second-order valence-electron chi connectivity index (χ2n) is 4.49. The monoisotopic (exact) mass is 267 g/mol. The van der Waals surface area contributed by atoms with Gasteiger partial charge < -0.3 is 15.4 Å². The fourth-order valence-electron chi connectivity index (χ4n) is 2.05. The number of methoxy groups -OCH3 is 1. The molecule has 0 aromatic heterocycles. The highest BCUT2D eigenvalue weighted by Gasteiger charge is 2.30. The minimum Gasteiger partial charge on any atom is -0.384 e. The summed E-state index contributed by atoms with van der Waals surface area (Å²) in [6.07, 6.45) is 2.35. The molecule has 1 aliphatic carbocycles. The number of benzene rings is 1. The van der Waals surface area contributed by atoms with Crippen LogP contribution in [0, 0.1) is 5.41 Å². The second kappa shape index (κ2) is 5.59. The number of halogens is 1. The van der Waals surface area contributed by atoms with Crippen molar-refractivity contribution in [1.82, 2.24) is 0 Å². The van der Waals surface area contributed by atoms with E-state index in [4.69, 9.17) is 27.5 Å². The molecule has 0 atom stereocenters. The van der Waals surface area contributed by atoms with Crippen molar-refractivity contribution in [2.24, 2.45) is 5.73 Å². The quantitative estimate of drug-likeness (QED) is 0.614. The minimum atomic E-state index is 0.0738. The molecule has 0 spiro atoms. The number of hydrogen-bond donors (Lipinski definition) is 2. The van der Waals surface area contributed by atoms with Gasteiger partial charge in [0.15, 0.2) is 0 Å². The van der Waals surface area contributed by atoms with Gasteiger partial charge in [-0.25, -0.2) is 0 Å². The first kappa shape index (κ1) is 13.2. The second-order valence-corrected chi connectivity index (χ2v) is 4.93. The molecule has 1 aromatic carbocycles. The molecule has 0 radical (unpaired) electrons. The Labute approximate surface area is 112 Å². The van der Waals surface area contributed by atoms with Gasteiger partial charge in [-0.3, -0.25) is 5.41 Å². The Morgan fingerprint density at radius 3 is 2.83 bits per heavy atom. The van der Waals surface area contributed by atoms with Crippen molar-refractivity contribution in [1.29, 1.82) is 5.41 Å². The predicted octanol–water partition coefficient (Wildman–Crippen LogP) is 2.24. The van der Waals surface area contributed by atoms with Gasteiger partial charge in [-0.15, -0.1) is 0 Å². The molecule has 3 N–H and O–H groups in total. The van der Waals surface area contributed by atoms with Crippen molar-refractivity contribution in [2.45, 2.75) is 18.9 Å². The van der Waals surface area contributed by atoms with Gasteiger partial charge in [0.1, 0.15) is 5.84 Å². The Morgan fingerprint density at radius 1 is 1.56 bits per heavy atom. The zero-order chi connectivity index (χ0) is 13.1. The smallest absolute Gasteiger partial charge is 0.124 e. The van der Waals surface area contributed by atoms with E-state index in [-0.39, 0.29) is 5.84 Å². The molecule has 0 aliphatic heterocycles. The maximum atomic E-state index is 7.66. The maximum absolute atomic E-state index is 7.66. The molecule has 98 valence electrons. The summed E-state index contributed by atoms with van der Waals surface area (Å²) in [4.78, 5) is 2.24. The normalized spacial score (nSPS) is 14.6. The Morgan fingerprint density at radius 2 is 2.28 bits per heavy atom. The third kappa shape index (κ3) is 2.94. The molecule has 5 heteroatoms. The molecule has 0 amide bonds. The number of nitrogen functional groups attached to an aromatic ring is 1. The van der Waals surface area contributed by atoms with Crippen LogP contribution in [-0.4, -0.2) is 32.1 Å². The molecule has 1 aromatic rings. The van der Waals surface area contributed by atoms with E-state index < -0.39 is 0 Å². The number of hydrogen-bond acceptors (Lipinski definition) is 3. The summed E-state index contributed by atoms with van der Waals surface area (Å²) in [6.45, 7) is 1.45. The standard InChI is InChI=1S/C13H18ClN3O/c1-18-7-6-17(10-3-4-10)12-8-9(14)2-5-11(12)13(15)16/h2,5,8,10H,3-4,6-7H2,1H3,(H3,15,16). The van der Waals surface area contributed by atoms with E-state index in [2.05, 4.69) is 4.90 Å². The highest BCUT2D eigenvalue weighted by atomic mass is 35.5. The molecule has 1 saturated carbocycles. The molecule has 18 heavy (non-hydrogen) atoms. The molecule has 0 saturated heterocycles. The van der Waals surface area contributed by atoms with Crippen LogP contribution < -0.4 is 10.6 Å². The van der Waals surface area contributed by atoms with Gasteiger partial charge >= 0.3 is 0 Å². The molecule has 2 rings (SSSR count). The van der Waals surface area contributed by atoms with Gasteiger partial charge in [0.05, 0.1) is 6.61 Å². The highest BCUT2D eigenvalue weighted by Crippen LogP contribution is 2.34. The summed E-state index contributed by atoms with van der Waals surface area (Å²) in [6, 6.07) is 5.98. The van der Waals surface area contributed by atoms with E-state index in [9.17, 15) is 0 Å². The lowest BCUT2D eigenvalue weighted by atomic mass is 10.1. The third-order valence-electron chi connectivity index (χ3n) is 3.08. The van der Waals surface area contributed by atoms with Gasteiger partial charge in [0, 0.05) is 36.0 Å². The summed E-state index contributed by atoms with van der Waals surface area (Å²) in [7, 11) is 1.69.